The fourth-order valence-electron chi connectivity index (χ4n) is 5.55. The van der Waals surface area contributed by atoms with Crippen LogP contribution in [-0.2, 0) is 13.0 Å². The zero-order valence-corrected chi connectivity index (χ0v) is 25.1. The number of pyridine rings is 1. The van der Waals surface area contributed by atoms with Crippen molar-refractivity contribution in [3.63, 3.8) is 0 Å². The Labute approximate surface area is 251 Å². The van der Waals surface area contributed by atoms with Crippen LogP contribution in [0, 0.1) is 13.8 Å². The molecule has 0 aliphatic carbocycles. The van der Waals surface area contributed by atoms with Crippen molar-refractivity contribution < 1.29 is 9.53 Å². The van der Waals surface area contributed by atoms with E-state index < -0.39 is 0 Å². The quantitative estimate of drug-likeness (QED) is 0.285. The van der Waals surface area contributed by atoms with E-state index in [1.165, 1.54) is 16.2 Å². The SMILES string of the molecule is COc1ccc(N2C(=O)N(c3c(C)cccc3Cl)Cc3cnc(Cc4ccc(N5CCN(C)CC5)cc4C)nc32)nc1. The van der Waals surface area contributed by atoms with Gasteiger partial charge in [0.25, 0.3) is 0 Å². The maximum absolute atomic E-state index is 14.1. The molecule has 0 bridgehead atoms. The molecule has 4 aromatic rings. The largest absolute Gasteiger partial charge is 0.495 e. The number of aromatic nitrogens is 3. The first-order valence-corrected chi connectivity index (χ1v) is 14.4. The van der Waals surface area contributed by atoms with Crippen molar-refractivity contribution in [1.82, 2.24) is 19.9 Å². The van der Waals surface area contributed by atoms with Crippen LogP contribution >= 0.6 is 11.6 Å². The Morgan fingerprint density at radius 1 is 0.952 bits per heavy atom. The van der Waals surface area contributed by atoms with Crippen molar-refractivity contribution in [2.45, 2.75) is 26.8 Å². The average Bonchev–Trinajstić information content (AvgIpc) is 2.99. The predicted octanol–water partition coefficient (Wildman–Crippen LogP) is 5.77. The summed E-state index contributed by atoms with van der Waals surface area (Å²) < 4.78 is 5.30. The molecule has 2 amide bonds. The first-order chi connectivity index (χ1) is 20.3. The van der Waals surface area contributed by atoms with Gasteiger partial charge in [-0.05, 0) is 67.9 Å². The highest BCUT2D eigenvalue weighted by Gasteiger charge is 2.36. The summed E-state index contributed by atoms with van der Waals surface area (Å²) >= 11 is 6.60. The monoisotopic (exact) mass is 583 g/mol. The summed E-state index contributed by atoms with van der Waals surface area (Å²) in [7, 11) is 3.75. The van der Waals surface area contributed by atoms with Gasteiger partial charge in [0, 0.05) is 50.0 Å². The minimum absolute atomic E-state index is 0.284. The molecule has 1 saturated heterocycles. The Balaban J connectivity index is 1.34. The standard InChI is InChI=1S/C32H34ClN7O2/c1-21-6-5-7-27(33)30(21)39-20-24-18-34-28(36-31(24)40(32(39)41)29-11-10-26(42-4)19-35-29)17-23-8-9-25(16-22(23)2)38-14-12-37(3)13-15-38/h5-11,16,18-19H,12-15,17,20H2,1-4H3. The van der Waals surface area contributed by atoms with Crippen molar-refractivity contribution in [2.24, 2.45) is 0 Å². The number of carbonyl (C=O) groups excluding carboxylic acids is 1. The topological polar surface area (TPSA) is 77.9 Å². The van der Waals surface area contributed by atoms with E-state index in [9.17, 15) is 4.79 Å². The second-order valence-electron chi connectivity index (χ2n) is 10.9. The van der Waals surface area contributed by atoms with Crippen LogP contribution in [0.3, 0.4) is 0 Å². The van der Waals surface area contributed by atoms with Crippen molar-refractivity contribution >= 4 is 40.6 Å². The number of piperazine rings is 1. The number of carbonyl (C=O) groups is 1. The Morgan fingerprint density at radius 2 is 1.76 bits per heavy atom. The maximum atomic E-state index is 14.1. The van der Waals surface area contributed by atoms with E-state index >= 15 is 0 Å². The van der Waals surface area contributed by atoms with Gasteiger partial charge in [-0.25, -0.2) is 24.6 Å². The van der Waals surface area contributed by atoms with Gasteiger partial charge >= 0.3 is 6.03 Å². The number of amides is 2. The number of ether oxygens (including phenoxy) is 1. The summed E-state index contributed by atoms with van der Waals surface area (Å²) in [6, 6.07) is 15.5. The summed E-state index contributed by atoms with van der Waals surface area (Å²) in [5.74, 6) is 2.20. The second kappa shape index (κ2) is 11.6. The molecule has 10 heteroatoms. The Hall–Kier alpha value is -4.21. The lowest BCUT2D eigenvalue weighted by Gasteiger charge is -2.36. The van der Waals surface area contributed by atoms with Crippen LogP contribution in [0.15, 0.2) is 60.9 Å². The molecule has 2 aliphatic heterocycles. The number of rotatable bonds is 6. The van der Waals surface area contributed by atoms with E-state index in [4.69, 9.17) is 26.3 Å². The summed E-state index contributed by atoms with van der Waals surface area (Å²) in [6.07, 6.45) is 3.96. The summed E-state index contributed by atoms with van der Waals surface area (Å²) in [5, 5.41) is 0.502. The number of nitrogens with zero attached hydrogens (tertiary/aromatic N) is 7. The minimum atomic E-state index is -0.284. The van der Waals surface area contributed by atoms with Gasteiger partial charge < -0.3 is 14.5 Å². The molecule has 2 aliphatic rings. The number of urea groups is 1. The van der Waals surface area contributed by atoms with Gasteiger partial charge in [0.05, 0.1) is 30.6 Å². The number of para-hydroxylation sites is 1. The van der Waals surface area contributed by atoms with Crippen LogP contribution in [0.5, 0.6) is 5.75 Å². The number of aryl methyl sites for hydroxylation is 2. The summed E-state index contributed by atoms with van der Waals surface area (Å²) in [5.41, 5.74) is 5.95. The van der Waals surface area contributed by atoms with Crippen LogP contribution in [0.25, 0.3) is 0 Å². The highest BCUT2D eigenvalue weighted by Crippen LogP contribution is 2.39. The molecule has 6 rings (SSSR count). The van der Waals surface area contributed by atoms with Gasteiger partial charge in [0.1, 0.15) is 17.4 Å². The molecular weight excluding hydrogens is 550 g/mol. The molecule has 9 nitrogen and oxygen atoms in total. The molecule has 2 aromatic heterocycles. The van der Waals surface area contributed by atoms with E-state index in [1.54, 1.807) is 36.4 Å². The molecule has 0 atom stereocenters. The van der Waals surface area contributed by atoms with Gasteiger partial charge in [-0.2, -0.15) is 0 Å². The Morgan fingerprint density at radius 3 is 2.45 bits per heavy atom. The molecule has 4 heterocycles. The fraction of sp³-hybridized carbons (Fsp3) is 0.312. The van der Waals surface area contributed by atoms with Gasteiger partial charge in [-0.3, -0.25) is 4.90 Å². The predicted molar refractivity (Wildman–Crippen MR) is 166 cm³/mol. The smallest absolute Gasteiger partial charge is 0.336 e. The number of benzene rings is 2. The number of hydrogen-bond acceptors (Lipinski definition) is 7. The van der Waals surface area contributed by atoms with E-state index in [-0.39, 0.29) is 6.03 Å². The van der Waals surface area contributed by atoms with Crippen LogP contribution < -0.4 is 19.4 Å². The lowest BCUT2D eigenvalue weighted by Crippen LogP contribution is -2.46. The first kappa shape index (κ1) is 27.9. The van der Waals surface area contributed by atoms with E-state index in [2.05, 4.69) is 47.0 Å². The van der Waals surface area contributed by atoms with E-state index in [1.807, 2.05) is 25.3 Å². The number of methoxy groups -OCH3 is 1. The van der Waals surface area contributed by atoms with Crippen molar-refractivity contribution in [3.05, 3.63) is 94.0 Å². The van der Waals surface area contributed by atoms with Crippen LogP contribution in [0.4, 0.5) is 27.8 Å². The van der Waals surface area contributed by atoms with E-state index in [0.717, 1.165) is 42.9 Å². The number of anilines is 4. The zero-order valence-electron chi connectivity index (χ0n) is 24.3. The second-order valence-corrected chi connectivity index (χ2v) is 11.3. The lowest BCUT2D eigenvalue weighted by atomic mass is 10.0. The normalized spacial score (nSPS) is 15.6. The number of fused-ring (bicyclic) bond motifs is 1. The fourth-order valence-corrected chi connectivity index (χ4v) is 5.88. The van der Waals surface area contributed by atoms with Crippen molar-refractivity contribution in [3.8, 4) is 5.75 Å². The van der Waals surface area contributed by atoms with Gasteiger partial charge in [0.2, 0.25) is 0 Å². The number of likely N-dealkylation sites (N-methyl/N-ethyl adjacent to an activating group) is 1. The van der Waals surface area contributed by atoms with E-state index in [0.29, 0.717) is 46.9 Å². The molecule has 0 saturated carbocycles. The average molecular weight is 584 g/mol. The third kappa shape index (κ3) is 5.37. The lowest BCUT2D eigenvalue weighted by molar-refractivity contribution is 0.252. The third-order valence-corrected chi connectivity index (χ3v) is 8.35. The molecule has 0 spiro atoms. The van der Waals surface area contributed by atoms with Gasteiger partial charge in [-0.15, -0.1) is 0 Å². The summed E-state index contributed by atoms with van der Waals surface area (Å²) in [4.78, 5) is 36.3. The summed E-state index contributed by atoms with van der Waals surface area (Å²) in [6.45, 7) is 8.55. The number of halogens is 1. The van der Waals surface area contributed by atoms with Crippen LogP contribution in [0.2, 0.25) is 5.02 Å². The minimum Gasteiger partial charge on any atom is -0.495 e. The Kier molecular flexibility index (Phi) is 7.70. The molecule has 0 unspecified atom stereocenters. The molecule has 216 valence electrons. The van der Waals surface area contributed by atoms with Crippen molar-refractivity contribution in [2.75, 3.05) is 55.0 Å². The molecule has 42 heavy (non-hydrogen) atoms. The zero-order chi connectivity index (χ0) is 29.4. The van der Waals surface area contributed by atoms with Crippen molar-refractivity contribution in [1.29, 1.82) is 0 Å². The molecule has 0 N–H and O–H groups in total. The Bertz CT molecular complexity index is 1600. The molecule has 1 fully saturated rings. The molecule has 0 radical (unpaired) electrons. The van der Waals surface area contributed by atoms with Gasteiger partial charge in [-0.1, -0.05) is 29.8 Å². The van der Waals surface area contributed by atoms with Gasteiger partial charge in [0.15, 0.2) is 5.82 Å². The van der Waals surface area contributed by atoms with Crippen LogP contribution in [0.1, 0.15) is 28.1 Å². The highest BCUT2D eigenvalue weighted by molar-refractivity contribution is 6.34. The maximum Gasteiger partial charge on any atom is 0.336 e. The molecule has 2 aromatic carbocycles. The first-order valence-electron chi connectivity index (χ1n) is 14.1. The molecular formula is C32H34ClN7O2. The number of hydrogen-bond donors (Lipinski definition) is 0. The third-order valence-electron chi connectivity index (χ3n) is 8.04. The highest BCUT2D eigenvalue weighted by atomic mass is 35.5. The van der Waals surface area contributed by atoms with Crippen LogP contribution in [-0.4, -0.2) is 66.2 Å².